The molecule has 0 radical (unpaired) electrons. The first-order valence-electron chi connectivity index (χ1n) is 12.3. The zero-order valence-electron chi connectivity index (χ0n) is 19.2. The Kier molecular flexibility index (Phi) is 6.04. The molecule has 0 aromatic rings. The molecule has 4 rings (SSSR count). The first-order valence-corrected chi connectivity index (χ1v) is 12.3. The molecule has 0 aromatic carbocycles. The summed E-state index contributed by atoms with van der Waals surface area (Å²) in [6, 6.07) is 0. The second kappa shape index (κ2) is 8.04. The van der Waals surface area contributed by atoms with Gasteiger partial charge in [0.1, 0.15) is 0 Å². The van der Waals surface area contributed by atoms with E-state index in [1.54, 1.807) is 0 Å². The predicted octanol–water partition coefficient (Wildman–Crippen LogP) is 3.54. The first-order chi connectivity index (χ1) is 14.1. The minimum Gasteiger partial charge on any atom is -0.469 e. The van der Waals surface area contributed by atoms with Crippen LogP contribution in [-0.4, -0.2) is 46.7 Å². The molecule has 3 N–H and O–H groups in total. The lowest BCUT2D eigenvalue weighted by Crippen LogP contribution is -2.61. The molecule has 11 atom stereocenters. The Morgan fingerprint density at radius 3 is 2.43 bits per heavy atom. The van der Waals surface area contributed by atoms with Gasteiger partial charge in [-0.15, -0.1) is 0 Å². The van der Waals surface area contributed by atoms with Crippen molar-refractivity contribution in [2.45, 2.75) is 96.9 Å². The van der Waals surface area contributed by atoms with Gasteiger partial charge in [-0.25, -0.2) is 0 Å². The van der Waals surface area contributed by atoms with Gasteiger partial charge in [0.25, 0.3) is 0 Å². The van der Waals surface area contributed by atoms with Crippen LogP contribution in [0, 0.1) is 46.3 Å². The minimum atomic E-state index is -0.621. The van der Waals surface area contributed by atoms with Crippen LogP contribution in [0.3, 0.4) is 0 Å². The third kappa shape index (κ3) is 3.26. The van der Waals surface area contributed by atoms with Crippen LogP contribution in [-0.2, 0) is 9.53 Å². The van der Waals surface area contributed by atoms with Gasteiger partial charge in [0.15, 0.2) is 0 Å². The van der Waals surface area contributed by atoms with Gasteiger partial charge in [-0.2, -0.15) is 0 Å². The van der Waals surface area contributed by atoms with E-state index in [-0.39, 0.29) is 28.8 Å². The SMILES string of the molecule is COC(=O)CC[C@@H](C)[C@H]1CC[C@H]2[C@@H]3CC[C@@H]4[C@@H](O)[C@H](O)CC[C@]4(C)[C@H]3C[C@H](O)[C@]12C. The number of aliphatic hydroxyl groups excluding tert-OH is 3. The number of esters is 1. The molecule has 5 nitrogen and oxygen atoms in total. The van der Waals surface area contributed by atoms with Gasteiger partial charge >= 0.3 is 5.97 Å². The van der Waals surface area contributed by atoms with Crippen molar-refractivity contribution in [3.05, 3.63) is 0 Å². The highest BCUT2D eigenvalue weighted by Crippen LogP contribution is 2.68. The summed E-state index contributed by atoms with van der Waals surface area (Å²) >= 11 is 0. The Bertz CT molecular complexity index is 651. The van der Waals surface area contributed by atoms with Crippen molar-refractivity contribution >= 4 is 5.97 Å². The average Bonchev–Trinajstić information content (AvgIpc) is 3.09. The van der Waals surface area contributed by atoms with Crippen LogP contribution in [0.1, 0.15) is 78.6 Å². The molecule has 0 amide bonds. The molecule has 0 heterocycles. The topological polar surface area (TPSA) is 87.0 Å². The van der Waals surface area contributed by atoms with Crippen LogP contribution in [0.25, 0.3) is 0 Å². The Hall–Kier alpha value is -0.650. The van der Waals surface area contributed by atoms with Gasteiger partial charge in [-0.1, -0.05) is 20.8 Å². The lowest BCUT2D eigenvalue weighted by atomic mass is 9.43. The molecule has 4 aliphatic carbocycles. The summed E-state index contributed by atoms with van der Waals surface area (Å²) in [6.07, 6.45) is 6.54. The summed E-state index contributed by atoms with van der Waals surface area (Å²) in [6.45, 7) is 6.89. The lowest BCUT2D eigenvalue weighted by Gasteiger charge is -2.63. The van der Waals surface area contributed by atoms with Gasteiger partial charge in [0.05, 0.1) is 25.4 Å². The van der Waals surface area contributed by atoms with Crippen molar-refractivity contribution in [2.24, 2.45) is 46.3 Å². The van der Waals surface area contributed by atoms with E-state index in [1.165, 1.54) is 7.11 Å². The number of ether oxygens (including phenoxy) is 1. The fourth-order valence-electron chi connectivity index (χ4n) is 8.89. The molecule has 4 aliphatic rings. The van der Waals surface area contributed by atoms with E-state index in [1.807, 2.05) is 0 Å². The van der Waals surface area contributed by atoms with Crippen molar-refractivity contribution in [1.29, 1.82) is 0 Å². The quantitative estimate of drug-likeness (QED) is 0.603. The number of carbonyl (C=O) groups excluding carboxylic acids is 1. The Morgan fingerprint density at radius 1 is 1.03 bits per heavy atom. The van der Waals surface area contributed by atoms with E-state index in [9.17, 15) is 20.1 Å². The summed E-state index contributed by atoms with van der Waals surface area (Å²) in [7, 11) is 1.45. The zero-order chi connectivity index (χ0) is 21.8. The zero-order valence-corrected chi connectivity index (χ0v) is 19.2. The van der Waals surface area contributed by atoms with E-state index in [4.69, 9.17) is 4.74 Å². The predicted molar refractivity (Wildman–Crippen MR) is 114 cm³/mol. The van der Waals surface area contributed by atoms with Crippen molar-refractivity contribution in [2.75, 3.05) is 7.11 Å². The number of hydrogen-bond donors (Lipinski definition) is 3. The Balaban J connectivity index is 1.55. The number of hydrogen-bond acceptors (Lipinski definition) is 5. The average molecular weight is 423 g/mol. The maximum absolute atomic E-state index is 11.7. The van der Waals surface area contributed by atoms with Crippen LogP contribution in [0.15, 0.2) is 0 Å². The van der Waals surface area contributed by atoms with Crippen molar-refractivity contribution in [3.8, 4) is 0 Å². The van der Waals surface area contributed by atoms with Gasteiger partial charge in [-0.3, -0.25) is 4.79 Å². The van der Waals surface area contributed by atoms with Gasteiger partial charge in [-0.05, 0) is 97.7 Å². The van der Waals surface area contributed by atoms with Crippen LogP contribution < -0.4 is 0 Å². The molecule has 0 saturated heterocycles. The van der Waals surface area contributed by atoms with E-state index in [2.05, 4.69) is 20.8 Å². The second-order valence-electron chi connectivity index (χ2n) is 11.6. The largest absolute Gasteiger partial charge is 0.469 e. The third-order valence-corrected chi connectivity index (χ3v) is 10.6. The van der Waals surface area contributed by atoms with Crippen LogP contribution >= 0.6 is 0 Å². The monoisotopic (exact) mass is 422 g/mol. The van der Waals surface area contributed by atoms with E-state index < -0.39 is 12.2 Å². The summed E-state index contributed by atoms with van der Waals surface area (Å²) in [5.74, 6) is 2.37. The Morgan fingerprint density at radius 2 is 1.73 bits per heavy atom. The molecule has 0 unspecified atom stereocenters. The number of carbonyl (C=O) groups is 1. The number of rotatable bonds is 4. The lowest BCUT2D eigenvalue weighted by molar-refractivity contribution is -0.200. The molecular formula is C25H42O5. The molecule has 0 spiro atoms. The molecule has 5 heteroatoms. The summed E-state index contributed by atoms with van der Waals surface area (Å²) in [4.78, 5) is 11.7. The standard InChI is InChI=1S/C25H42O5/c1-14(5-10-22(28)30-4)16-8-9-17-15-6-7-18-23(29)20(26)11-12-24(18,2)19(15)13-21(27)25(16,17)3/h14-21,23,26-27,29H,5-13H2,1-4H3/t14-,15+,16-,17+,18-,19+,20-,21+,23-,24+,25-/m1/s1. The molecular weight excluding hydrogens is 380 g/mol. The van der Waals surface area contributed by atoms with E-state index in [0.29, 0.717) is 42.4 Å². The number of methoxy groups -OCH3 is 1. The van der Waals surface area contributed by atoms with Crippen LogP contribution in [0.5, 0.6) is 0 Å². The summed E-state index contributed by atoms with van der Waals surface area (Å²) in [5, 5.41) is 32.5. The fraction of sp³-hybridized carbons (Fsp3) is 0.960. The van der Waals surface area contributed by atoms with Crippen molar-refractivity contribution in [1.82, 2.24) is 0 Å². The summed E-state index contributed by atoms with van der Waals surface area (Å²) in [5.41, 5.74) is -0.0782. The highest BCUT2D eigenvalue weighted by atomic mass is 16.5. The van der Waals surface area contributed by atoms with Crippen LogP contribution in [0.2, 0.25) is 0 Å². The number of aliphatic hydroxyl groups is 3. The molecule has 4 saturated carbocycles. The van der Waals surface area contributed by atoms with Gasteiger partial charge in [0, 0.05) is 6.42 Å². The Labute approximate surface area is 181 Å². The second-order valence-corrected chi connectivity index (χ2v) is 11.6. The van der Waals surface area contributed by atoms with E-state index >= 15 is 0 Å². The highest BCUT2D eigenvalue weighted by molar-refractivity contribution is 5.69. The number of fused-ring (bicyclic) bond motifs is 5. The van der Waals surface area contributed by atoms with Gasteiger partial charge < -0.3 is 20.1 Å². The third-order valence-electron chi connectivity index (χ3n) is 10.6. The van der Waals surface area contributed by atoms with Crippen LogP contribution in [0.4, 0.5) is 0 Å². The maximum atomic E-state index is 11.7. The summed E-state index contributed by atoms with van der Waals surface area (Å²) < 4.78 is 4.84. The molecule has 30 heavy (non-hydrogen) atoms. The molecule has 172 valence electrons. The minimum absolute atomic E-state index is 0.0124. The molecule has 0 aliphatic heterocycles. The molecule has 4 fully saturated rings. The molecule has 0 bridgehead atoms. The van der Waals surface area contributed by atoms with E-state index in [0.717, 1.165) is 44.9 Å². The highest BCUT2D eigenvalue weighted by Gasteiger charge is 2.64. The smallest absolute Gasteiger partial charge is 0.305 e. The van der Waals surface area contributed by atoms with Crippen molar-refractivity contribution < 1.29 is 24.9 Å². The van der Waals surface area contributed by atoms with Crippen molar-refractivity contribution in [3.63, 3.8) is 0 Å². The maximum Gasteiger partial charge on any atom is 0.305 e. The molecule has 0 aromatic heterocycles. The normalized spacial score (nSPS) is 51.4. The first kappa shape index (κ1) is 22.5. The fourth-order valence-corrected chi connectivity index (χ4v) is 8.89. The van der Waals surface area contributed by atoms with Gasteiger partial charge in [0.2, 0.25) is 0 Å².